The van der Waals surface area contributed by atoms with Crippen molar-refractivity contribution >= 4 is 9.24 Å². The van der Waals surface area contributed by atoms with Crippen molar-refractivity contribution in [2.75, 3.05) is 0 Å². The molecule has 0 heterocycles. The van der Waals surface area contributed by atoms with E-state index in [1.807, 2.05) is 9.24 Å². The maximum absolute atomic E-state index is 4.87. The molecule has 0 aromatic heterocycles. The minimum atomic E-state index is -1.08. The lowest BCUT2D eigenvalue weighted by molar-refractivity contribution is 1.14. The van der Waals surface area contributed by atoms with E-state index in [1.165, 1.54) is 0 Å². The lowest BCUT2D eigenvalue weighted by Gasteiger charge is -2.03. The van der Waals surface area contributed by atoms with E-state index in [9.17, 15) is 0 Å². The summed E-state index contributed by atoms with van der Waals surface area (Å²) in [6, 6.07) is 0. The average molecular weight is 84.1 g/mol. The van der Waals surface area contributed by atoms with Crippen molar-refractivity contribution in [3.05, 3.63) is 20.8 Å². The molecule has 6 radical (unpaired) electrons. The zero-order valence-electron chi connectivity index (χ0n) is 2.81. The molecule has 5 heavy (non-hydrogen) atoms. The summed E-state index contributed by atoms with van der Waals surface area (Å²) >= 11 is 0. The summed E-state index contributed by atoms with van der Waals surface area (Å²) in [5, 5.41) is -1.08. The number of hydrogen-bond donors (Lipinski definition) is 0. The van der Waals surface area contributed by atoms with Gasteiger partial charge in [-0.05, 0) is 25.9 Å². The minimum Gasteiger partial charge on any atom is -0.130 e. The molecule has 0 aliphatic carbocycles. The van der Waals surface area contributed by atoms with Gasteiger partial charge in [0.2, 0.25) is 0 Å². The third-order valence-corrected chi connectivity index (χ3v) is 0. The van der Waals surface area contributed by atoms with Crippen LogP contribution in [-0.4, -0.2) is 5.16 Å². The van der Waals surface area contributed by atoms with Gasteiger partial charge in [0.1, 0.15) is 0 Å². The van der Waals surface area contributed by atoms with Crippen LogP contribution in [0.4, 0.5) is 0 Å². The van der Waals surface area contributed by atoms with Crippen LogP contribution < -0.4 is 0 Å². The standard InChI is InChI=1S/C4H5P/c1-4(2,3)5/h1-3H,5H2. The van der Waals surface area contributed by atoms with E-state index >= 15 is 0 Å². The summed E-state index contributed by atoms with van der Waals surface area (Å²) < 4.78 is 0. The highest BCUT2D eigenvalue weighted by Crippen LogP contribution is 2.10. The van der Waals surface area contributed by atoms with Crippen LogP contribution in [0.1, 0.15) is 0 Å². The first-order valence-corrected chi connectivity index (χ1v) is 1.73. The minimum absolute atomic E-state index is 1.08. The van der Waals surface area contributed by atoms with Gasteiger partial charge in [0.15, 0.2) is 0 Å². The third kappa shape index (κ3) is 141. The molecule has 26 valence electrons. The molecule has 0 aliphatic rings. The molecule has 0 aromatic rings. The summed E-state index contributed by atoms with van der Waals surface area (Å²) in [5.41, 5.74) is 0. The highest BCUT2D eigenvalue weighted by Gasteiger charge is 1.97. The van der Waals surface area contributed by atoms with Crippen LogP contribution in [0.25, 0.3) is 0 Å². The Labute approximate surface area is 36.2 Å². The molecule has 0 amide bonds. The van der Waals surface area contributed by atoms with Crippen LogP contribution in [0, 0.1) is 20.8 Å². The normalized spacial score (nSPS) is 12.0. The zero-order valence-corrected chi connectivity index (χ0v) is 3.96. The maximum Gasteiger partial charge on any atom is -0.00473 e. The van der Waals surface area contributed by atoms with Crippen LogP contribution in [0.2, 0.25) is 0 Å². The van der Waals surface area contributed by atoms with Crippen LogP contribution in [0.5, 0.6) is 0 Å². The summed E-state index contributed by atoms with van der Waals surface area (Å²) in [4.78, 5) is 0. The molecule has 1 atom stereocenters. The van der Waals surface area contributed by atoms with Crippen molar-refractivity contribution in [2.24, 2.45) is 0 Å². The lowest BCUT2D eigenvalue weighted by atomic mass is 10.3. The second kappa shape index (κ2) is 1.26. The molecule has 1 heteroatoms. The first-order chi connectivity index (χ1) is 2.00. The topological polar surface area (TPSA) is 0 Å². The molecule has 0 nitrogen and oxygen atoms in total. The second-order valence-electron chi connectivity index (χ2n) is 1.00. The van der Waals surface area contributed by atoms with Gasteiger partial charge >= 0.3 is 0 Å². The Bertz CT molecular complexity index is 19.1. The molecule has 0 N–H and O–H groups in total. The SMILES string of the molecule is [CH]C([CH])([CH])P. The Morgan fingerprint density at radius 3 is 1.20 bits per heavy atom. The van der Waals surface area contributed by atoms with Crippen molar-refractivity contribution in [2.45, 2.75) is 5.16 Å². The van der Waals surface area contributed by atoms with Crippen molar-refractivity contribution in [1.82, 2.24) is 0 Å². The van der Waals surface area contributed by atoms with E-state index in [4.69, 9.17) is 20.8 Å². The van der Waals surface area contributed by atoms with Crippen LogP contribution in [0.15, 0.2) is 0 Å². The Morgan fingerprint density at radius 1 is 1.20 bits per heavy atom. The van der Waals surface area contributed by atoms with Crippen molar-refractivity contribution in [1.29, 1.82) is 0 Å². The predicted octanol–water partition coefficient (Wildman–Crippen LogP) is 0.734. The van der Waals surface area contributed by atoms with Gasteiger partial charge in [0.05, 0.1) is 0 Å². The average Bonchev–Trinajstić information content (AvgIpc) is 0.722. The molecule has 0 fully saturated rings. The Balaban J connectivity index is 3.02. The van der Waals surface area contributed by atoms with Crippen molar-refractivity contribution < 1.29 is 0 Å². The number of hydrogen-bond acceptors (Lipinski definition) is 0. The van der Waals surface area contributed by atoms with E-state index in [0.717, 1.165) is 0 Å². The highest BCUT2D eigenvalue weighted by atomic mass is 31.0. The van der Waals surface area contributed by atoms with Gasteiger partial charge in [-0.15, -0.1) is 9.24 Å². The monoisotopic (exact) mass is 84.0 g/mol. The predicted molar refractivity (Wildman–Crippen MR) is 25.3 cm³/mol. The van der Waals surface area contributed by atoms with Gasteiger partial charge < -0.3 is 0 Å². The Morgan fingerprint density at radius 2 is 1.20 bits per heavy atom. The van der Waals surface area contributed by atoms with E-state index in [-0.39, 0.29) is 0 Å². The Hall–Kier alpha value is 0.430. The molecule has 0 spiro atoms. The first-order valence-electron chi connectivity index (χ1n) is 1.15. The molecule has 0 aromatic carbocycles. The highest BCUT2D eigenvalue weighted by molar-refractivity contribution is 7.19. The molecule has 0 bridgehead atoms. The van der Waals surface area contributed by atoms with Crippen molar-refractivity contribution in [3.63, 3.8) is 0 Å². The number of rotatable bonds is 0. The molecule has 0 saturated heterocycles. The fraction of sp³-hybridized carbons (Fsp3) is 0.250. The molecule has 0 saturated carbocycles. The summed E-state index contributed by atoms with van der Waals surface area (Å²) in [7, 11) is 2.05. The van der Waals surface area contributed by atoms with Gasteiger partial charge in [-0.3, -0.25) is 0 Å². The fourth-order valence-corrected chi connectivity index (χ4v) is 0. The van der Waals surface area contributed by atoms with E-state index in [2.05, 4.69) is 0 Å². The van der Waals surface area contributed by atoms with Gasteiger partial charge in [0, 0.05) is 0 Å². The summed E-state index contributed by atoms with van der Waals surface area (Å²) in [6.07, 6.45) is 0. The van der Waals surface area contributed by atoms with E-state index in [0.29, 0.717) is 0 Å². The molecule has 0 rings (SSSR count). The van der Waals surface area contributed by atoms with Crippen LogP contribution in [-0.2, 0) is 0 Å². The molecular formula is C4H5P. The van der Waals surface area contributed by atoms with Gasteiger partial charge in [-0.2, -0.15) is 0 Å². The molecule has 1 unspecified atom stereocenters. The second-order valence-corrected chi connectivity index (χ2v) is 2.00. The summed E-state index contributed by atoms with van der Waals surface area (Å²) in [5.74, 6) is 0. The zero-order chi connectivity index (χ0) is 4.50. The van der Waals surface area contributed by atoms with Gasteiger partial charge in [-0.1, -0.05) is 0 Å². The Kier molecular flexibility index (Phi) is 1.37. The van der Waals surface area contributed by atoms with Crippen molar-refractivity contribution in [3.8, 4) is 0 Å². The molecular weight excluding hydrogens is 79.0 g/mol. The summed E-state index contributed by atoms with van der Waals surface area (Å²) in [6.45, 7) is 14.6. The smallest absolute Gasteiger partial charge is 0.00473 e. The van der Waals surface area contributed by atoms with Crippen LogP contribution >= 0.6 is 9.24 Å². The quantitative estimate of drug-likeness (QED) is 0.379. The lowest BCUT2D eigenvalue weighted by Crippen LogP contribution is -2.00. The molecule has 0 aliphatic heterocycles. The van der Waals surface area contributed by atoms with Gasteiger partial charge in [-0.25, -0.2) is 0 Å². The fourth-order valence-electron chi connectivity index (χ4n) is 0. The van der Waals surface area contributed by atoms with Crippen LogP contribution in [0.3, 0.4) is 0 Å². The van der Waals surface area contributed by atoms with E-state index in [1.54, 1.807) is 0 Å². The maximum atomic E-state index is 4.87. The largest absolute Gasteiger partial charge is 0.130 e. The van der Waals surface area contributed by atoms with Gasteiger partial charge in [0.25, 0.3) is 0 Å². The third-order valence-electron chi connectivity index (χ3n) is 0. The van der Waals surface area contributed by atoms with E-state index < -0.39 is 5.16 Å². The first kappa shape index (κ1) is 5.43.